The van der Waals surface area contributed by atoms with Gasteiger partial charge in [0.25, 0.3) is 0 Å². The number of nitrogens with one attached hydrogen (secondary N) is 1. The van der Waals surface area contributed by atoms with Crippen LogP contribution in [-0.4, -0.2) is 35.3 Å². The number of hydrogen-bond acceptors (Lipinski definition) is 7. The number of hydrogen-bond donors (Lipinski definition) is 2. The van der Waals surface area contributed by atoms with Crippen LogP contribution in [0.5, 0.6) is 0 Å². The molecule has 2 N–H and O–H groups in total. The number of aryl methyl sites for hydroxylation is 1. The van der Waals surface area contributed by atoms with E-state index in [1.54, 1.807) is 0 Å². The molecule has 5 aliphatic heterocycles. The minimum Gasteiger partial charge on any atom is -1.00 e. The number of pyridine rings is 1. The molecule has 1 fully saturated rings. The van der Waals surface area contributed by atoms with Gasteiger partial charge in [-0.2, -0.15) is 0 Å². The van der Waals surface area contributed by atoms with E-state index in [2.05, 4.69) is 75.5 Å². The van der Waals surface area contributed by atoms with Crippen LogP contribution in [-0.2, 0) is 16.6 Å². The number of esters is 1. The van der Waals surface area contributed by atoms with Crippen LogP contribution in [0.15, 0.2) is 137 Å². The standard InChI is InChI=1S/C40H41N5O3.HI/c1-8-26-21(2)31-19-35-27(10-9-25-13-15-45(6)16-14-25)22(3)30(42-35)18-32-23(4)28(11-12-37(47)48-7)39(43-32)29-17-36(46)38-24(5)33(44-40(29)38)20-34(26)41-31;/h9-10,13-16,18-20,23,28H,8,11-12,17H2,1-7H3,(H,41,42,43,44);1H/t23-,28-;/m0./s1. The van der Waals surface area contributed by atoms with Crippen LogP contribution in [0.2, 0.25) is 0 Å². The van der Waals surface area contributed by atoms with Gasteiger partial charge in [0, 0.05) is 64.9 Å². The van der Waals surface area contributed by atoms with Gasteiger partial charge in [-0.25, -0.2) is 19.5 Å². The average Bonchev–Trinajstić information content (AvgIpc) is 3.82. The number of fused-ring (bicyclic) bond motifs is 5. The van der Waals surface area contributed by atoms with Gasteiger partial charge in [0.2, 0.25) is 0 Å². The molecule has 8 nitrogen and oxygen atoms in total. The van der Waals surface area contributed by atoms with E-state index in [1.807, 2.05) is 30.9 Å². The summed E-state index contributed by atoms with van der Waals surface area (Å²) >= 11 is 0. The molecule has 252 valence electrons. The Balaban J connectivity index is 0.00000417. The highest BCUT2D eigenvalue weighted by molar-refractivity contribution is 6.21. The largest absolute Gasteiger partial charge is 1.00 e. The molecule has 0 unspecified atom stereocenters. The number of aliphatic hydroxyl groups is 1. The Bertz CT molecular complexity index is 2060. The lowest BCUT2D eigenvalue weighted by molar-refractivity contribution is -0.671. The van der Waals surface area contributed by atoms with Gasteiger partial charge in [-0.15, -0.1) is 0 Å². The molecule has 0 spiro atoms. The molecule has 1 aromatic rings. The van der Waals surface area contributed by atoms with Crippen molar-refractivity contribution in [3.05, 3.63) is 128 Å². The van der Waals surface area contributed by atoms with Crippen LogP contribution in [0.25, 0.3) is 6.08 Å². The smallest absolute Gasteiger partial charge is 0.305 e. The first-order chi connectivity index (χ1) is 23.1. The predicted molar refractivity (Wildman–Crippen MR) is 190 cm³/mol. The van der Waals surface area contributed by atoms with Crippen LogP contribution in [0.1, 0.15) is 65.9 Å². The van der Waals surface area contributed by atoms with Crippen LogP contribution >= 0.6 is 0 Å². The maximum atomic E-state index is 12.3. The topological polar surface area (TPSA) is 99.5 Å². The average molecular weight is 768 g/mol. The molecular weight excluding hydrogens is 725 g/mol. The van der Waals surface area contributed by atoms with Gasteiger partial charge >= 0.3 is 5.97 Å². The van der Waals surface area contributed by atoms with E-state index in [1.165, 1.54) is 12.7 Å². The lowest BCUT2D eigenvalue weighted by Gasteiger charge is -2.17. The second-order valence-corrected chi connectivity index (χ2v) is 13.3. The number of rotatable bonds is 6. The zero-order chi connectivity index (χ0) is 33.9. The van der Waals surface area contributed by atoms with Crippen molar-refractivity contribution in [2.24, 2.45) is 33.9 Å². The number of halogens is 1. The van der Waals surface area contributed by atoms with E-state index >= 15 is 0 Å². The first kappa shape index (κ1) is 34.5. The summed E-state index contributed by atoms with van der Waals surface area (Å²) < 4.78 is 7.04. The zero-order valence-corrected chi connectivity index (χ0v) is 31.3. The number of allylic oxidation sites excluding steroid dienone is 12. The number of methoxy groups -OCH3 is 1. The number of carbonyl (C=O) groups is 1. The monoisotopic (exact) mass is 767 g/mol. The van der Waals surface area contributed by atoms with Gasteiger partial charge < -0.3 is 39.1 Å². The molecule has 0 radical (unpaired) electrons. The third kappa shape index (κ3) is 6.06. The fraction of sp³-hybridized carbons (Fsp3) is 0.325. The van der Waals surface area contributed by atoms with Gasteiger partial charge in [0.1, 0.15) is 12.8 Å². The Morgan fingerprint density at radius 3 is 2.45 bits per heavy atom. The number of aliphatic hydroxyl groups excluding tert-OH is 1. The second kappa shape index (κ2) is 13.5. The number of nitrogens with zero attached hydrogens (tertiary/aromatic N) is 4. The zero-order valence-electron chi connectivity index (χ0n) is 29.1. The van der Waals surface area contributed by atoms with E-state index in [4.69, 9.17) is 19.7 Å². The van der Waals surface area contributed by atoms with Crippen molar-refractivity contribution in [3.8, 4) is 0 Å². The highest BCUT2D eigenvalue weighted by Gasteiger charge is 2.41. The highest BCUT2D eigenvalue weighted by Crippen LogP contribution is 2.46. The minimum absolute atomic E-state index is 0. The van der Waals surface area contributed by atoms with Crippen molar-refractivity contribution in [2.75, 3.05) is 7.11 Å². The summed E-state index contributed by atoms with van der Waals surface area (Å²) in [6.45, 7) is 10.6. The molecule has 8 bridgehead atoms. The summed E-state index contributed by atoms with van der Waals surface area (Å²) in [5.74, 6) is 0.179. The minimum atomic E-state index is -0.233. The summed E-state index contributed by atoms with van der Waals surface area (Å²) in [4.78, 5) is 27.8. The molecule has 7 rings (SSSR count). The SMILES string of the molecule is CCC1=C(C)C2=NC1=CC1=C(C)C3=C(O)CC(=C4NC(=CC5=NC(=C2)C(/C=C/c2cc[n+](C)cc2)=C5C)[C@@H](C)[C@@H]4CCC(=O)OC)C3=N1.[I-]. The molecule has 2 atom stereocenters. The summed E-state index contributed by atoms with van der Waals surface area (Å²) in [6, 6.07) is 4.19. The summed E-state index contributed by atoms with van der Waals surface area (Å²) in [5, 5.41) is 15.1. The number of aliphatic imine (C=N–C) groups is 3. The highest BCUT2D eigenvalue weighted by atomic mass is 127. The second-order valence-electron chi connectivity index (χ2n) is 13.3. The van der Waals surface area contributed by atoms with E-state index in [0.717, 1.165) is 91.0 Å². The van der Waals surface area contributed by atoms with E-state index in [0.29, 0.717) is 25.0 Å². The first-order valence-electron chi connectivity index (χ1n) is 16.7. The normalized spacial score (nSPS) is 22.8. The third-order valence-corrected chi connectivity index (χ3v) is 10.4. The molecule has 1 aliphatic carbocycles. The number of aromatic nitrogens is 1. The fourth-order valence-electron chi connectivity index (χ4n) is 7.51. The summed E-state index contributed by atoms with van der Waals surface area (Å²) in [5.41, 5.74) is 15.5. The summed E-state index contributed by atoms with van der Waals surface area (Å²) in [6.07, 6.45) is 16.8. The van der Waals surface area contributed by atoms with E-state index < -0.39 is 0 Å². The van der Waals surface area contributed by atoms with Crippen molar-refractivity contribution in [3.63, 3.8) is 0 Å². The fourth-order valence-corrected chi connectivity index (χ4v) is 7.51. The van der Waals surface area contributed by atoms with Crippen molar-refractivity contribution >= 4 is 29.2 Å². The third-order valence-electron chi connectivity index (χ3n) is 10.4. The maximum absolute atomic E-state index is 12.3. The Kier molecular flexibility index (Phi) is 9.50. The van der Waals surface area contributed by atoms with Crippen molar-refractivity contribution in [1.29, 1.82) is 0 Å². The molecule has 1 saturated heterocycles. The van der Waals surface area contributed by atoms with Crippen molar-refractivity contribution in [1.82, 2.24) is 5.32 Å². The van der Waals surface area contributed by atoms with Gasteiger partial charge in [-0.3, -0.25) is 4.79 Å². The molecular formula is C40H42IN5O3. The Hall–Kier alpha value is -4.38. The molecule has 6 aliphatic rings. The Labute approximate surface area is 305 Å². The van der Waals surface area contributed by atoms with Crippen molar-refractivity contribution in [2.45, 2.75) is 60.3 Å². The molecule has 49 heavy (non-hydrogen) atoms. The Morgan fingerprint density at radius 1 is 1.02 bits per heavy atom. The molecule has 9 heteroatoms. The van der Waals surface area contributed by atoms with E-state index in [-0.39, 0.29) is 41.8 Å². The predicted octanol–water partition coefficient (Wildman–Crippen LogP) is 4.15. The van der Waals surface area contributed by atoms with Gasteiger partial charge in [-0.05, 0) is 79.7 Å². The van der Waals surface area contributed by atoms with Crippen molar-refractivity contribution < 1.29 is 43.2 Å². The van der Waals surface area contributed by atoms with Gasteiger partial charge in [0.15, 0.2) is 12.4 Å². The van der Waals surface area contributed by atoms with E-state index in [9.17, 15) is 9.90 Å². The molecule has 0 aromatic carbocycles. The van der Waals surface area contributed by atoms with Crippen LogP contribution in [0.4, 0.5) is 0 Å². The van der Waals surface area contributed by atoms with Gasteiger partial charge in [0.05, 0.1) is 41.3 Å². The van der Waals surface area contributed by atoms with Crippen LogP contribution in [0.3, 0.4) is 0 Å². The van der Waals surface area contributed by atoms with Gasteiger partial charge in [-0.1, -0.05) is 26.0 Å². The summed E-state index contributed by atoms with van der Waals surface area (Å²) in [7, 11) is 3.44. The Morgan fingerprint density at radius 2 is 1.73 bits per heavy atom. The quantitative estimate of drug-likeness (QED) is 0.259. The van der Waals surface area contributed by atoms with Crippen LogP contribution in [0, 0.1) is 11.8 Å². The van der Waals surface area contributed by atoms with Crippen LogP contribution < -0.4 is 33.9 Å². The first-order valence-corrected chi connectivity index (χ1v) is 16.7. The molecule has 1 aromatic heterocycles. The number of ether oxygens (including phenoxy) is 1. The lowest BCUT2D eigenvalue weighted by Crippen LogP contribution is -3.00. The lowest BCUT2D eigenvalue weighted by atomic mass is 9.86. The molecule has 0 saturated carbocycles. The number of carbonyl (C=O) groups excluding carboxylic acids is 1. The molecule has 6 heterocycles. The maximum Gasteiger partial charge on any atom is 0.305 e. The molecule has 0 amide bonds.